The molecule has 0 bridgehead atoms. The minimum atomic E-state index is -4.70. The molecule has 1 aromatic carbocycles. The number of hydrogen-bond acceptors (Lipinski definition) is 4. The van der Waals surface area contributed by atoms with Crippen LogP contribution in [0.25, 0.3) is 0 Å². The van der Waals surface area contributed by atoms with E-state index in [1.54, 1.807) is 6.92 Å². The van der Waals surface area contributed by atoms with Crippen LogP contribution in [0.2, 0.25) is 0 Å². The van der Waals surface area contributed by atoms with Crippen molar-refractivity contribution in [2.75, 3.05) is 12.9 Å². The zero-order chi connectivity index (χ0) is 14.5. The summed E-state index contributed by atoms with van der Waals surface area (Å²) < 4.78 is 58.2. The molecule has 0 amide bonds. The summed E-state index contributed by atoms with van der Waals surface area (Å²) in [6.07, 6.45) is -3.62. The van der Waals surface area contributed by atoms with Crippen LogP contribution < -0.4 is 4.74 Å². The quantitative estimate of drug-likeness (QED) is 0.620. The van der Waals surface area contributed by atoms with Crippen LogP contribution in [-0.4, -0.2) is 29.0 Å². The lowest BCUT2D eigenvalue weighted by Crippen LogP contribution is -2.24. The van der Waals surface area contributed by atoms with Crippen molar-refractivity contribution in [1.82, 2.24) is 0 Å². The third kappa shape index (κ3) is 4.90. The summed E-state index contributed by atoms with van der Waals surface area (Å²) >= 11 is -1.91. The molecule has 19 heavy (non-hydrogen) atoms. The Kier molecular flexibility index (Phi) is 5.34. The van der Waals surface area contributed by atoms with Gasteiger partial charge in [-0.3, -0.25) is 4.28 Å². The molecular formula is C11H12F3NO3S. The van der Waals surface area contributed by atoms with E-state index >= 15 is 0 Å². The average Bonchev–Trinajstić information content (AvgIpc) is 2.29. The van der Waals surface area contributed by atoms with Gasteiger partial charge in [0.2, 0.25) is 11.1 Å². The first-order valence-corrected chi connectivity index (χ1v) is 6.72. The number of ether oxygens (including phenoxy) is 1. The summed E-state index contributed by atoms with van der Waals surface area (Å²) in [5, 5.41) is 2.89. The molecule has 0 aliphatic heterocycles. The predicted molar refractivity (Wildman–Crippen MR) is 65.4 cm³/mol. The largest absolute Gasteiger partial charge is 0.494 e. The minimum absolute atomic E-state index is 0.193. The fourth-order valence-electron chi connectivity index (χ4n) is 1.23. The maximum Gasteiger partial charge on any atom is 0.437 e. The third-order valence-electron chi connectivity index (χ3n) is 1.94. The van der Waals surface area contributed by atoms with Gasteiger partial charge in [0.15, 0.2) is 5.71 Å². The van der Waals surface area contributed by atoms with Crippen LogP contribution in [0, 0.1) is 0 Å². The molecule has 0 saturated heterocycles. The van der Waals surface area contributed by atoms with E-state index in [-0.39, 0.29) is 5.56 Å². The van der Waals surface area contributed by atoms with Gasteiger partial charge in [0, 0.05) is 5.56 Å². The SMILES string of the molecule is CCOc1ccc(/C(=N/OS(C)=O)C(F)(F)F)cc1. The summed E-state index contributed by atoms with van der Waals surface area (Å²) in [7, 11) is 0. The van der Waals surface area contributed by atoms with Crippen LogP contribution in [0.15, 0.2) is 29.4 Å². The first-order valence-electron chi connectivity index (χ1n) is 5.24. The number of benzene rings is 1. The number of hydrogen-bond donors (Lipinski definition) is 0. The second-order valence-corrected chi connectivity index (χ2v) is 4.32. The monoisotopic (exact) mass is 295 g/mol. The minimum Gasteiger partial charge on any atom is -0.494 e. The fourth-order valence-corrected chi connectivity index (χ4v) is 1.41. The molecule has 0 heterocycles. The van der Waals surface area contributed by atoms with Crippen molar-refractivity contribution in [2.24, 2.45) is 5.16 Å². The molecule has 0 N–H and O–H groups in total. The Hall–Kier alpha value is -1.57. The van der Waals surface area contributed by atoms with Crippen molar-refractivity contribution in [1.29, 1.82) is 0 Å². The van der Waals surface area contributed by atoms with Crippen LogP contribution in [0.5, 0.6) is 5.75 Å². The summed E-state index contributed by atoms with van der Waals surface area (Å²) in [6.45, 7) is 2.18. The van der Waals surface area contributed by atoms with Gasteiger partial charge in [0.25, 0.3) is 0 Å². The Balaban J connectivity index is 3.04. The first-order chi connectivity index (χ1) is 8.84. The molecule has 0 aromatic heterocycles. The van der Waals surface area contributed by atoms with Crippen LogP contribution in [0.4, 0.5) is 13.2 Å². The molecular weight excluding hydrogens is 283 g/mol. The average molecular weight is 295 g/mol. The highest BCUT2D eigenvalue weighted by Crippen LogP contribution is 2.24. The van der Waals surface area contributed by atoms with Crippen LogP contribution >= 0.6 is 0 Å². The highest BCUT2D eigenvalue weighted by Gasteiger charge is 2.38. The topological polar surface area (TPSA) is 47.9 Å². The first kappa shape index (κ1) is 15.5. The lowest BCUT2D eigenvalue weighted by molar-refractivity contribution is -0.0596. The molecule has 106 valence electrons. The molecule has 1 atom stereocenters. The van der Waals surface area contributed by atoms with Gasteiger partial charge >= 0.3 is 6.18 Å². The lowest BCUT2D eigenvalue weighted by atomic mass is 10.1. The van der Waals surface area contributed by atoms with E-state index in [9.17, 15) is 17.4 Å². The van der Waals surface area contributed by atoms with Crippen LogP contribution in [0.1, 0.15) is 12.5 Å². The zero-order valence-corrected chi connectivity index (χ0v) is 11.0. The predicted octanol–water partition coefficient (Wildman–Crippen LogP) is 2.66. The molecule has 1 unspecified atom stereocenters. The Morgan fingerprint density at radius 3 is 2.32 bits per heavy atom. The highest BCUT2D eigenvalue weighted by molar-refractivity contribution is 7.79. The zero-order valence-electron chi connectivity index (χ0n) is 10.2. The number of rotatable bonds is 5. The molecule has 8 heteroatoms. The van der Waals surface area contributed by atoms with Crippen molar-refractivity contribution in [3.63, 3.8) is 0 Å². The number of nitrogens with zero attached hydrogens (tertiary/aromatic N) is 1. The van der Waals surface area contributed by atoms with E-state index < -0.39 is 23.0 Å². The standard InChI is InChI=1S/C11H12F3NO3S/c1-3-17-9-6-4-8(5-7-9)10(11(12,13)14)15-18-19(2)16/h4-7H,3H2,1-2H3/b15-10-. The van der Waals surface area contributed by atoms with Gasteiger partial charge in [-0.15, -0.1) is 0 Å². The van der Waals surface area contributed by atoms with Crippen molar-refractivity contribution in [2.45, 2.75) is 13.1 Å². The van der Waals surface area contributed by atoms with Crippen molar-refractivity contribution in [3.05, 3.63) is 29.8 Å². The van der Waals surface area contributed by atoms with E-state index in [4.69, 9.17) is 4.74 Å². The number of halogens is 3. The molecule has 0 radical (unpaired) electrons. The van der Waals surface area contributed by atoms with E-state index in [0.717, 1.165) is 6.26 Å². The molecule has 0 aliphatic carbocycles. The Bertz CT molecular complexity index is 471. The van der Waals surface area contributed by atoms with Gasteiger partial charge in [-0.25, -0.2) is 4.21 Å². The second-order valence-electron chi connectivity index (χ2n) is 3.37. The van der Waals surface area contributed by atoms with E-state index in [2.05, 4.69) is 9.44 Å². The summed E-state index contributed by atoms with van der Waals surface area (Å²) in [6, 6.07) is 5.20. The van der Waals surface area contributed by atoms with Gasteiger partial charge in [-0.05, 0) is 31.2 Å². The third-order valence-corrected chi connectivity index (χ3v) is 2.23. The smallest absolute Gasteiger partial charge is 0.437 e. The van der Waals surface area contributed by atoms with Gasteiger partial charge in [0.05, 0.1) is 12.9 Å². The Labute approximate surface area is 110 Å². The second kappa shape index (κ2) is 6.55. The number of alkyl halides is 3. The summed E-state index contributed by atoms with van der Waals surface area (Å²) in [5.74, 6) is 0.452. The maximum absolute atomic E-state index is 12.8. The normalized spacial score (nSPS) is 14.1. The van der Waals surface area contributed by atoms with E-state index in [1.807, 2.05) is 0 Å². The van der Waals surface area contributed by atoms with Gasteiger partial charge in [0.1, 0.15) is 5.75 Å². The Morgan fingerprint density at radius 2 is 1.89 bits per heavy atom. The molecule has 4 nitrogen and oxygen atoms in total. The molecule has 0 fully saturated rings. The Morgan fingerprint density at radius 1 is 1.32 bits per heavy atom. The molecule has 1 aromatic rings. The van der Waals surface area contributed by atoms with E-state index in [1.165, 1.54) is 24.3 Å². The molecule has 1 rings (SSSR count). The molecule has 0 saturated carbocycles. The number of oxime groups is 1. The molecule has 0 spiro atoms. The van der Waals surface area contributed by atoms with Gasteiger partial charge in [-0.2, -0.15) is 13.2 Å². The van der Waals surface area contributed by atoms with Gasteiger partial charge in [-0.1, -0.05) is 5.16 Å². The summed E-state index contributed by atoms with van der Waals surface area (Å²) in [4.78, 5) is 0. The van der Waals surface area contributed by atoms with Crippen molar-refractivity contribution in [3.8, 4) is 5.75 Å². The fraction of sp³-hybridized carbons (Fsp3) is 0.364. The van der Waals surface area contributed by atoms with Crippen LogP contribution in [-0.2, 0) is 15.4 Å². The molecule has 0 aliphatic rings. The summed E-state index contributed by atoms with van der Waals surface area (Å²) in [5.41, 5.74) is -1.44. The highest BCUT2D eigenvalue weighted by atomic mass is 32.2. The van der Waals surface area contributed by atoms with Crippen LogP contribution in [0.3, 0.4) is 0 Å². The lowest BCUT2D eigenvalue weighted by Gasteiger charge is -2.10. The van der Waals surface area contributed by atoms with Gasteiger partial charge < -0.3 is 4.74 Å². The van der Waals surface area contributed by atoms with E-state index in [0.29, 0.717) is 12.4 Å². The van der Waals surface area contributed by atoms with Crippen molar-refractivity contribution >= 4 is 16.8 Å². The maximum atomic E-state index is 12.8. The van der Waals surface area contributed by atoms with Crippen molar-refractivity contribution < 1.29 is 26.4 Å².